The van der Waals surface area contributed by atoms with Crippen LogP contribution in [0.1, 0.15) is 42.2 Å². The Morgan fingerprint density at radius 1 is 1.08 bits per heavy atom. The fourth-order valence-corrected chi connectivity index (χ4v) is 2.70. The molecule has 2 rings (SSSR count). The number of esters is 1. The molecule has 0 radical (unpaired) electrons. The maximum atomic E-state index is 12.6. The van der Waals surface area contributed by atoms with Crippen molar-refractivity contribution >= 4 is 35.1 Å². The largest absolute Gasteiger partial charge is 0.463 e. The van der Waals surface area contributed by atoms with Gasteiger partial charge in [-0.2, -0.15) is 0 Å². The summed E-state index contributed by atoms with van der Waals surface area (Å²) in [6.07, 6.45) is -0.200. The van der Waals surface area contributed by atoms with Gasteiger partial charge in [0.1, 0.15) is 0 Å². The van der Waals surface area contributed by atoms with Gasteiger partial charge >= 0.3 is 5.97 Å². The molecule has 0 bridgehead atoms. The highest BCUT2D eigenvalue weighted by Crippen LogP contribution is 2.23. The van der Waals surface area contributed by atoms with Gasteiger partial charge < -0.3 is 10.1 Å². The zero-order chi connectivity index (χ0) is 18.4. The number of carbonyl (C=O) groups excluding carboxylic acids is 2. The van der Waals surface area contributed by atoms with E-state index in [1.807, 2.05) is 30.3 Å². The summed E-state index contributed by atoms with van der Waals surface area (Å²) in [6, 6.07) is 13.4. The second-order valence-corrected chi connectivity index (χ2v) is 6.65. The number of nitrogens with one attached hydrogen (secondary N) is 1. The summed E-state index contributed by atoms with van der Waals surface area (Å²) in [5.74, 6) is -0.792. The first-order chi connectivity index (χ1) is 11.9. The van der Waals surface area contributed by atoms with Crippen molar-refractivity contribution < 1.29 is 14.3 Å². The van der Waals surface area contributed by atoms with Gasteiger partial charge in [-0.25, -0.2) is 0 Å². The average molecular weight is 380 g/mol. The molecular weight excluding hydrogens is 361 g/mol. The predicted molar refractivity (Wildman–Crippen MR) is 99.0 cm³/mol. The number of halogens is 2. The van der Waals surface area contributed by atoms with E-state index >= 15 is 0 Å². The number of ether oxygens (including phenoxy) is 1. The van der Waals surface area contributed by atoms with Crippen LogP contribution in [0.4, 0.5) is 0 Å². The van der Waals surface area contributed by atoms with Crippen LogP contribution in [0.15, 0.2) is 48.5 Å². The molecule has 132 valence electrons. The minimum absolute atomic E-state index is 0.0200. The fraction of sp³-hybridized carbons (Fsp3) is 0.263. The van der Waals surface area contributed by atoms with Crippen molar-refractivity contribution in [2.45, 2.75) is 32.4 Å². The van der Waals surface area contributed by atoms with E-state index in [0.717, 1.165) is 5.56 Å². The molecule has 1 N–H and O–H groups in total. The van der Waals surface area contributed by atoms with E-state index < -0.39 is 11.9 Å². The molecule has 2 aromatic carbocycles. The van der Waals surface area contributed by atoms with Gasteiger partial charge in [-0.3, -0.25) is 9.59 Å². The van der Waals surface area contributed by atoms with E-state index in [-0.39, 0.29) is 24.1 Å². The van der Waals surface area contributed by atoms with E-state index in [0.29, 0.717) is 10.0 Å². The molecule has 0 aliphatic rings. The molecule has 1 unspecified atom stereocenters. The van der Waals surface area contributed by atoms with Crippen molar-refractivity contribution in [2.75, 3.05) is 0 Å². The SMILES string of the molecule is CC(C)OC(=O)CC(NC(=O)c1cc(Cl)ccc1Cl)c1ccccc1. The van der Waals surface area contributed by atoms with Crippen molar-refractivity contribution in [3.8, 4) is 0 Å². The van der Waals surface area contributed by atoms with Gasteiger partial charge in [0.05, 0.1) is 29.2 Å². The van der Waals surface area contributed by atoms with E-state index in [9.17, 15) is 9.59 Å². The standard InChI is InChI=1S/C19H19Cl2NO3/c1-12(2)25-18(23)11-17(13-6-4-3-5-7-13)22-19(24)15-10-14(20)8-9-16(15)21/h3-10,12,17H,11H2,1-2H3,(H,22,24). The summed E-state index contributed by atoms with van der Waals surface area (Å²) >= 11 is 12.0. The first-order valence-electron chi connectivity index (χ1n) is 7.87. The zero-order valence-corrected chi connectivity index (χ0v) is 15.5. The molecule has 0 heterocycles. The molecule has 0 aromatic heterocycles. The molecule has 0 saturated heterocycles. The van der Waals surface area contributed by atoms with Crippen molar-refractivity contribution in [3.05, 3.63) is 69.7 Å². The van der Waals surface area contributed by atoms with Crippen molar-refractivity contribution in [1.29, 1.82) is 0 Å². The Bertz CT molecular complexity index is 748. The molecule has 0 saturated carbocycles. The van der Waals surface area contributed by atoms with Crippen LogP contribution in [0.3, 0.4) is 0 Å². The van der Waals surface area contributed by atoms with Gasteiger partial charge in [0, 0.05) is 5.02 Å². The minimum atomic E-state index is -0.532. The molecule has 2 aromatic rings. The molecule has 0 spiro atoms. The molecule has 1 amide bonds. The highest BCUT2D eigenvalue weighted by atomic mass is 35.5. The monoisotopic (exact) mass is 379 g/mol. The molecular formula is C19H19Cl2NO3. The third-order valence-corrected chi connectivity index (χ3v) is 3.98. The molecule has 0 fully saturated rings. The van der Waals surface area contributed by atoms with Gasteiger partial charge in [0.25, 0.3) is 5.91 Å². The van der Waals surface area contributed by atoms with Crippen LogP contribution in [-0.4, -0.2) is 18.0 Å². The topological polar surface area (TPSA) is 55.4 Å². The summed E-state index contributed by atoms with van der Waals surface area (Å²) in [7, 11) is 0. The van der Waals surface area contributed by atoms with Crippen LogP contribution in [-0.2, 0) is 9.53 Å². The van der Waals surface area contributed by atoms with Gasteiger partial charge in [-0.15, -0.1) is 0 Å². The Kier molecular flexibility index (Phi) is 6.85. The van der Waals surface area contributed by atoms with Crippen LogP contribution in [0.25, 0.3) is 0 Å². The molecule has 0 aliphatic carbocycles. The number of hydrogen-bond acceptors (Lipinski definition) is 3. The third kappa shape index (κ3) is 5.76. The second-order valence-electron chi connectivity index (χ2n) is 5.80. The quantitative estimate of drug-likeness (QED) is 0.732. The zero-order valence-electron chi connectivity index (χ0n) is 14.0. The molecule has 4 nitrogen and oxygen atoms in total. The lowest BCUT2D eigenvalue weighted by atomic mass is 10.0. The third-order valence-electron chi connectivity index (χ3n) is 3.42. The highest BCUT2D eigenvalue weighted by molar-refractivity contribution is 6.35. The van der Waals surface area contributed by atoms with Crippen LogP contribution in [0, 0.1) is 0 Å². The minimum Gasteiger partial charge on any atom is -0.463 e. The second kappa shape index (κ2) is 8.88. The van der Waals surface area contributed by atoms with Gasteiger partial charge in [-0.05, 0) is 37.6 Å². The lowest BCUT2D eigenvalue weighted by molar-refractivity contribution is -0.147. The lowest BCUT2D eigenvalue weighted by Crippen LogP contribution is -2.31. The maximum absolute atomic E-state index is 12.6. The first-order valence-corrected chi connectivity index (χ1v) is 8.62. The van der Waals surface area contributed by atoms with E-state index in [4.69, 9.17) is 27.9 Å². The van der Waals surface area contributed by atoms with Crippen LogP contribution in [0.2, 0.25) is 10.0 Å². The van der Waals surface area contributed by atoms with Crippen molar-refractivity contribution in [3.63, 3.8) is 0 Å². The summed E-state index contributed by atoms with van der Waals surface area (Å²) in [5, 5.41) is 3.54. The maximum Gasteiger partial charge on any atom is 0.308 e. The molecule has 25 heavy (non-hydrogen) atoms. The average Bonchev–Trinajstić information content (AvgIpc) is 2.56. The molecule has 1 atom stereocenters. The van der Waals surface area contributed by atoms with Crippen molar-refractivity contribution in [2.24, 2.45) is 0 Å². The number of carbonyl (C=O) groups is 2. The smallest absolute Gasteiger partial charge is 0.308 e. The van der Waals surface area contributed by atoms with Crippen LogP contribution >= 0.6 is 23.2 Å². The summed E-state index contributed by atoms with van der Waals surface area (Å²) in [6.45, 7) is 3.56. The van der Waals surface area contributed by atoms with E-state index in [2.05, 4.69) is 5.32 Å². The Morgan fingerprint density at radius 2 is 1.76 bits per heavy atom. The lowest BCUT2D eigenvalue weighted by Gasteiger charge is -2.20. The Morgan fingerprint density at radius 3 is 2.40 bits per heavy atom. The Hall–Kier alpha value is -2.04. The number of hydrogen-bond donors (Lipinski definition) is 1. The summed E-state index contributed by atoms with van der Waals surface area (Å²) in [5.41, 5.74) is 1.06. The number of amides is 1. The summed E-state index contributed by atoms with van der Waals surface area (Å²) < 4.78 is 5.19. The Balaban J connectivity index is 2.22. The highest BCUT2D eigenvalue weighted by Gasteiger charge is 2.22. The van der Waals surface area contributed by atoms with Gasteiger partial charge in [0.2, 0.25) is 0 Å². The van der Waals surface area contributed by atoms with Crippen LogP contribution < -0.4 is 5.32 Å². The number of rotatable bonds is 6. The van der Waals surface area contributed by atoms with Crippen LogP contribution in [0.5, 0.6) is 0 Å². The fourth-order valence-electron chi connectivity index (χ4n) is 2.32. The van der Waals surface area contributed by atoms with Gasteiger partial charge in [0.15, 0.2) is 0 Å². The Labute approximate surface area is 157 Å². The summed E-state index contributed by atoms with van der Waals surface area (Å²) in [4.78, 5) is 24.7. The molecule has 6 heteroatoms. The van der Waals surface area contributed by atoms with E-state index in [1.165, 1.54) is 6.07 Å². The van der Waals surface area contributed by atoms with Crippen molar-refractivity contribution in [1.82, 2.24) is 5.32 Å². The molecule has 0 aliphatic heterocycles. The number of benzene rings is 2. The normalized spacial score (nSPS) is 11.9. The van der Waals surface area contributed by atoms with E-state index in [1.54, 1.807) is 26.0 Å². The van der Waals surface area contributed by atoms with Gasteiger partial charge in [-0.1, -0.05) is 53.5 Å². The first kappa shape index (κ1) is 19.3. The predicted octanol–water partition coefficient (Wildman–Crippen LogP) is 4.81.